The maximum atomic E-state index is 6.19. The van der Waals surface area contributed by atoms with Crippen LogP contribution < -0.4 is 11.1 Å². The minimum atomic E-state index is 0.221. The van der Waals surface area contributed by atoms with Crippen LogP contribution in [-0.2, 0) is 4.74 Å². The topological polar surface area (TPSA) is 50.5 Å². The van der Waals surface area contributed by atoms with Crippen molar-refractivity contribution in [2.24, 2.45) is 5.73 Å². The maximum absolute atomic E-state index is 6.19. The van der Waals surface area contributed by atoms with E-state index in [-0.39, 0.29) is 5.60 Å². The highest BCUT2D eigenvalue weighted by atomic mass is 16.5. The number of hydrogen-bond acceptors (Lipinski definition) is 4. The van der Waals surface area contributed by atoms with E-state index in [0.29, 0.717) is 6.04 Å². The van der Waals surface area contributed by atoms with Crippen LogP contribution in [0.5, 0.6) is 0 Å². The van der Waals surface area contributed by atoms with Crippen molar-refractivity contribution in [3.63, 3.8) is 0 Å². The van der Waals surface area contributed by atoms with E-state index in [9.17, 15) is 0 Å². The zero-order valence-electron chi connectivity index (χ0n) is 17.4. The average molecular weight is 344 g/mol. The number of hydrogen-bond donors (Lipinski definition) is 2. The molecule has 0 aromatic carbocycles. The molecule has 3 rings (SSSR count). The summed E-state index contributed by atoms with van der Waals surface area (Å²) in [5.74, 6) is 0. The third-order valence-corrected chi connectivity index (χ3v) is 5.18. The van der Waals surface area contributed by atoms with Gasteiger partial charge in [0.2, 0.25) is 0 Å². The minimum Gasteiger partial charge on any atom is -0.373 e. The highest BCUT2D eigenvalue weighted by Crippen LogP contribution is 2.36. The Balaban J connectivity index is 0.000000798. The molecule has 24 heavy (non-hydrogen) atoms. The highest BCUT2D eigenvalue weighted by Gasteiger charge is 2.42. The normalized spacial score (nSPS) is 26.4. The van der Waals surface area contributed by atoms with Crippen molar-refractivity contribution in [3.05, 3.63) is 0 Å². The van der Waals surface area contributed by atoms with Crippen LogP contribution in [0.2, 0.25) is 0 Å². The quantitative estimate of drug-likeness (QED) is 0.801. The van der Waals surface area contributed by atoms with Gasteiger partial charge < -0.3 is 20.7 Å². The molecule has 1 aliphatic carbocycles. The summed E-state index contributed by atoms with van der Waals surface area (Å²) in [4.78, 5) is 2.43. The van der Waals surface area contributed by atoms with Gasteiger partial charge in [0.25, 0.3) is 0 Å². The molecular formula is C20H45N3O. The van der Waals surface area contributed by atoms with Gasteiger partial charge in [-0.2, -0.15) is 0 Å². The van der Waals surface area contributed by atoms with Gasteiger partial charge in [-0.25, -0.2) is 0 Å². The van der Waals surface area contributed by atoms with Crippen molar-refractivity contribution in [1.82, 2.24) is 10.2 Å². The summed E-state index contributed by atoms with van der Waals surface area (Å²) in [7, 11) is 3.72. The molecule has 3 fully saturated rings. The molecule has 3 aliphatic rings. The van der Waals surface area contributed by atoms with Crippen LogP contribution in [0.4, 0.5) is 0 Å². The second-order valence-electron chi connectivity index (χ2n) is 6.70. The van der Waals surface area contributed by atoms with E-state index in [1.807, 2.05) is 27.7 Å². The van der Waals surface area contributed by atoms with Crippen molar-refractivity contribution < 1.29 is 4.74 Å². The smallest absolute Gasteiger partial charge is 0.0723 e. The summed E-state index contributed by atoms with van der Waals surface area (Å²) in [5, 5.41) is 3.86. The molecule has 0 aromatic heterocycles. The van der Waals surface area contributed by atoms with Gasteiger partial charge >= 0.3 is 0 Å². The lowest BCUT2D eigenvalue weighted by Gasteiger charge is -2.37. The fourth-order valence-electron chi connectivity index (χ4n) is 3.93. The molecule has 0 radical (unpaired) electrons. The van der Waals surface area contributed by atoms with Gasteiger partial charge in [0.15, 0.2) is 0 Å². The molecule has 0 bridgehead atoms. The summed E-state index contributed by atoms with van der Waals surface area (Å²) >= 11 is 0. The van der Waals surface area contributed by atoms with E-state index < -0.39 is 0 Å². The molecule has 146 valence electrons. The molecule has 1 spiro atoms. The number of rotatable bonds is 2. The van der Waals surface area contributed by atoms with Gasteiger partial charge in [0.1, 0.15) is 0 Å². The van der Waals surface area contributed by atoms with Crippen molar-refractivity contribution in [2.45, 2.75) is 96.7 Å². The third kappa shape index (κ3) is 7.81. The second-order valence-corrected chi connectivity index (χ2v) is 6.70. The molecule has 0 amide bonds. The van der Waals surface area contributed by atoms with Crippen molar-refractivity contribution >= 4 is 0 Å². The summed E-state index contributed by atoms with van der Waals surface area (Å²) in [6.45, 7) is 11.4. The Morgan fingerprint density at radius 2 is 1.46 bits per heavy atom. The molecule has 2 aliphatic heterocycles. The molecular weight excluding hydrogens is 298 g/mol. The number of ether oxygens (including phenoxy) is 1. The first-order valence-corrected chi connectivity index (χ1v) is 10.4. The lowest BCUT2D eigenvalue weighted by atomic mass is 9.87. The number of nitrogens with one attached hydrogen (secondary N) is 1. The van der Waals surface area contributed by atoms with Crippen LogP contribution in [0.1, 0.15) is 79.1 Å². The van der Waals surface area contributed by atoms with E-state index in [1.165, 1.54) is 71.5 Å². The number of piperidine rings is 1. The summed E-state index contributed by atoms with van der Waals surface area (Å²) in [5.41, 5.74) is 4.72. The molecule has 1 unspecified atom stereocenters. The molecule has 2 heterocycles. The van der Waals surface area contributed by atoms with Gasteiger partial charge in [-0.15, -0.1) is 0 Å². The monoisotopic (exact) mass is 343 g/mol. The van der Waals surface area contributed by atoms with Crippen LogP contribution in [-0.4, -0.2) is 56.4 Å². The Morgan fingerprint density at radius 3 is 2.00 bits per heavy atom. The molecule has 3 N–H and O–H groups in total. The largest absolute Gasteiger partial charge is 0.373 e. The van der Waals surface area contributed by atoms with Gasteiger partial charge in [-0.05, 0) is 46.2 Å². The van der Waals surface area contributed by atoms with E-state index in [0.717, 1.165) is 12.6 Å². The zero-order valence-corrected chi connectivity index (χ0v) is 17.4. The molecule has 2 saturated heterocycles. The van der Waals surface area contributed by atoms with Crippen LogP contribution in [0.3, 0.4) is 0 Å². The number of likely N-dealkylation sites (tertiary alicyclic amines) is 1. The maximum Gasteiger partial charge on any atom is 0.0723 e. The number of nitrogens with zero attached hydrogens (tertiary/aromatic N) is 1. The second kappa shape index (κ2) is 14.1. The van der Waals surface area contributed by atoms with Gasteiger partial charge in [0.05, 0.1) is 12.2 Å². The standard InChI is InChI=1S/C15H28N2O.2C2H6.CH5N/c1-17-9-7-15(8-10-17)11-14(12-18-15)16-13-5-3-2-4-6-13;3*1-2/h13-14,16H,2-12H2,1H3;2*1-2H3;2H2,1H3. The summed E-state index contributed by atoms with van der Waals surface area (Å²) < 4.78 is 6.19. The van der Waals surface area contributed by atoms with Crippen molar-refractivity contribution in [1.29, 1.82) is 0 Å². The lowest BCUT2D eigenvalue weighted by Crippen LogP contribution is -2.44. The Kier molecular flexibility index (Phi) is 14.0. The van der Waals surface area contributed by atoms with Crippen LogP contribution in [0.25, 0.3) is 0 Å². The van der Waals surface area contributed by atoms with Crippen molar-refractivity contribution in [2.75, 3.05) is 33.8 Å². The van der Waals surface area contributed by atoms with E-state index >= 15 is 0 Å². The summed E-state index contributed by atoms with van der Waals surface area (Å²) in [6.07, 6.45) is 10.7. The molecule has 1 saturated carbocycles. The van der Waals surface area contributed by atoms with Crippen LogP contribution >= 0.6 is 0 Å². The fourth-order valence-corrected chi connectivity index (χ4v) is 3.93. The SMILES string of the molecule is CC.CC.CN.CN1CCC2(CC1)CC(NC1CCCCC1)CO2. The average Bonchev–Trinajstić information content (AvgIpc) is 3.06. The zero-order chi connectivity index (χ0) is 18.4. The van der Waals surface area contributed by atoms with E-state index in [4.69, 9.17) is 4.74 Å². The Labute approximate surface area is 151 Å². The first-order valence-electron chi connectivity index (χ1n) is 10.4. The molecule has 0 aromatic rings. The van der Waals surface area contributed by atoms with Gasteiger partial charge in [-0.3, -0.25) is 0 Å². The Hall–Kier alpha value is -0.160. The predicted octanol–water partition coefficient (Wildman–Crippen LogP) is 3.79. The molecule has 4 nitrogen and oxygen atoms in total. The molecule has 1 atom stereocenters. The predicted molar refractivity (Wildman–Crippen MR) is 107 cm³/mol. The third-order valence-electron chi connectivity index (χ3n) is 5.18. The first kappa shape index (κ1) is 23.8. The highest BCUT2D eigenvalue weighted by molar-refractivity contribution is 4.96. The Bertz CT molecular complexity index is 272. The fraction of sp³-hybridized carbons (Fsp3) is 1.00. The van der Waals surface area contributed by atoms with E-state index in [1.54, 1.807) is 0 Å². The first-order chi connectivity index (χ1) is 11.8. The van der Waals surface area contributed by atoms with Gasteiger partial charge in [-0.1, -0.05) is 47.0 Å². The van der Waals surface area contributed by atoms with Crippen LogP contribution in [0.15, 0.2) is 0 Å². The lowest BCUT2D eigenvalue weighted by molar-refractivity contribution is -0.0393. The van der Waals surface area contributed by atoms with Gasteiger partial charge in [0, 0.05) is 25.2 Å². The molecule has 4 heteroatoms. The van der Waals surface area contributed by atoms with Crippen molar-refractivity contribution in [3.8, 4) is 0 Å². The minimum absolute atomic E-state index is 0.221. The van der Waals surface area contributed by atoms with Crippen LogP contribution in [0, 0.1) is 0 Å². The number of nitrogens with two attached hydrogens (primary N) is 1. The van der Waals surface area contributed by atoms with E-state index in [2.05, 4.69) is 23.0 Å². The summed E-state index contributed by atoms with van der Waals surface area (Å²) in [6, 6.07) is 1.39. The Morgan fingerprint density at radius 1 is 0.917 bits per heavy atom.